The lowest BCUT2D eigenvalue weighted by atomic mass is 9.83. The van der Waals surface area contributed by atoms with Crippen LogP contribution in [0.2, 0.25) is 0 Å². The Balaban J connectivity index is 1.75. The van der Waals surface area contributed by atoms with Gasteiger partial charge in [0.1, 0.15) is 6.61 Å². The molecule has 0 atom stereocenters. The molecule has 1 aromatic carbocycles. The highest BCUT2D eigenvalue weighted by atomic mass is 32.1. The smallest absolute Gasteiger partial charge is 0.312 e. The van der Waals surface area contributed by atoms with Gasteiger partial charge in [-0.2, -0.15) is 0 Å². The number of carbonyl (C=O) groups is 2. The number of para-hydroxylation sites is 1. The number of hydrogen-bond donors (Lipinski definition) is 1. The molecule has 122 valence electrons. The Kier molecular flexibility index (Phi) is 4.61. The first-order valence-corrected chi connectivity index (χ1v) is 8.71. The van der Waals surface area contributed by atoms with Crippen LogP contribution in [0.15, 0.2) is 24.3 Å². The summed E-state index contributed by atoms with van der Waals surface area (Å²) in [5.74, 6) is -0.667. The van der Waals surface area contributed by atoms with E-state index in [1.165, 1.54) is 0 Å². The summed E-state index contributed by atoms with van der Waals surface area (Å²) < 4.78 is 6.46. The van der Waals surface area contributed by atoms with Crippen molar-refractivity contribution in [3.63, 3.8) is 0 Å². The molecule has 23 heavy (non-hydrogen) atoms. The fraction of sp³-hybridized carbons (Fsp3) is 0.471. The van der Waals surface area contributed by atoms with Crippen LogP contribution >= 0.6 is 11.3 Å². The number of carbonyl (C=O) groups excluding carboxylic acids is 2. The topological polar surface area (TPSA) is 82.3 Å². The molecule has 6 heteroatoms. The van der Waals surface area contributed by atoms with Crippen molar-refractivity contribution >= 4 is 33.4 Å². The van der Waals surface area contributed by atoms with Gasteiger partial charge in [-0.1, -0.05) is 25.0 Å². The molecule has 1 aliphatic carbocycles. The largest absolute Gasteiger partial charge is 0.465 e. The van der Waals surface area contributed by atoms with Crippen molar-refractivity contribution in [1.82, 2.24) is 4.98 Å². The summed E-state index contributed by atoms with van der Waals surface area (Å²) in [4.78, 5) is 28.0. The summed E-state index contributed by atoms with van der Waals surface area (Å²) in [6.45, 7) is 0.0652. The van der Waals surface area contributed by atoms with E-state index in [9.17, 15) is 9.59 Å². The molecule has 1 fully saturated rings. The van der Waals surface area contributed by atoms with Gasteiger partial charge >= 0.3 is 5.97 Å². The Morgan fingerprint density at radius 3 is 2.70 bits per heavy atom. The van der Waals surface area contributed by atoms with E-state index >= 15 is 0 Å². The molecule has 0 unspecified atom stereocenters. The lowest BCUT2D eigenvalue weighted by Gasteiger charge is -2.25. The van der Waals surface area contributed by atoms with Gasteiger partial charge in [0.15, 0.2) is 0 Å². The number of fused-ring (bicyclic) bond motifs is 1. The minimum absolute atomic E-state index is 0.0652. The van der Waals surface area contributed by atoms with E-state index in [0.29, 0.717) is 6.42 Å². The van der Waals surface area contributed by atoms with Crippen LogP contribution in [-0.2, 0) is 20.7 Å². The predicted molar refractivity (Wildman–Crippen MR) is 89.0 cm³/mol. The van der Waals surface area contributed by atoms with E-state index in [4.69, 9.17) is 10.5 Å². The van der Waals surface area contributed by atoms with Gasteiger partial charge in [-0.05, 0) is 25.0 Å². The highest BCUT2D eigenvalue weighted by Crippen LogP contribution is 2.43. The van der Waals surface area contributed by atoms with Crippen LogP contribution < -0.4 is 5.73 Å². The van der Waals surface area contributed by atoms with E-state index in [-0.39, 0.29) is 19.0 Å². The number of rotatable bonds is 6. The standard InChI is InChI=1S/C17H20N2O3S/c18-14(20)7-10-22-16(21)17(8-3-4-9-17)11-15-19-12-5-1-2-6-13(12)23-15/h1-2,5-6H,3-4,7-11H2,(H2,18,20). The third-order valence-electron chi connectivity index (χ3n) is 4.40. The molecule has 1 heterocycles. The first kappa shape index (κ1) is 15.9. The fourth-order valence-corrected chi connectivity index (χ4v) is 4.30. The van der Waals surface area contributed by atoms with Crippen LogP contribution in [0.4, 0.5) is 0 Å². The summed E-state index contributed by atoms with van der Waals surface area (Å²) in [6.07, 6.45) is 4.37. The third-order valence-corrected chi connectivity index (χ3v) is 5.44. The van der Waals surface area contributed by atoms with E-state index in [1.54, 1.807) is 11.3 Å². The van der Waals surface area contributed by atoms with Crippen LogP contribution in [0, 0.1) is 5.41 Å². The second-order valence-electron chi connectivity index (χ2n) is 6.09. The molecule has 0 spiro atoms. The van der Waals surface area contributed by atoms with Crippen molar-refractivity contribution < 1.29 is 14.3 Å². The number of nitrogens with two attached hydrogens (primary N) is 1. The second kappa shape index (κ2) is 6.66. The Morgan fingerprint density at radius 2 is 2.00 bits per heavy atom. The fourth-order valence-electron chi connectivity index (χ4n) is 3.19. The molecule has 1 saturated carbocycles. The summed E-state index contributed by atoms with van der Waals surface area (Å²) in [5.41, 5.74) is 5.57. The SMILES string of the molecule is NC(=O)CCOC(=O)C1(Cc2nc3ccccc3s2)CCCC1. The number of ether oxygens (including phenoxy) is 1. The molecule has 0 saturated heterocycles. The van der Waals surface area contributed by atoms with Gasteiger partial charge in [-0.15, -0.1) is 11.3 Å². The first-order valence-electron chi connectivity index (χ1n) is 7.89. The van der Waals surface area contributed by atoms with Gasteiger partial charge in [-0.3, -0.25) is 9.59 Å². The van der Waals surface area contributed by atoms with Crippen molar-refractivity contribution in [1.29, 1.82) is 0 Å². The van der Waals surface area contributed by atoms with Crippen LogP contribution in [0.1, 0.15) is 37.1 Å². The summed E-state index contributed by atoms with van der Waals surface area (Å²) in [6, 6.07) is 7.99. The predicted octanol–water partition coefficient (Wildman–Crippen LogP) is 2.82. The lowest BCUT2D eigenvalue weighted by Crippen LogP contribution is -2.33. The molecular weight excluding hydrogens is 312 g/mol. The zero-order valence-electron chi connectivity index (χ0n) is 12.9. The number of primary amides is 1. The molecule has 2 aromatic rings. The first-order chi connectivity index (χ1) is 11.1. The average Bonchev–Trinajstić information content (AvgIpc) is 3.13. The van der Waals surface area contributed by atoms with Gasteiger partial charge < -0.3 is 10.5 Å². The summed E-state index contributed by atoms with van der Waals surface area (Å²) in [5, 5.41) is 0.972. The average molecular weight is 332 g/mol. The third kappa shape index (κ3) is 3.52. The van der Waals surface area contributed by atoms with Gasteiger partial charge in [0.25, 0.3) is 0 Å². The Bertz CT molecular complexity index is 686. The Hall–Kier alpha value is -1.95. The van der Waals surface area contributed by atoms with Crippen LogP contribution in [0.5, 0.6) is 0 Å². The molecule has 0 bridgehead atoms. The number of thiazole rings is 1. The molecule has 1 aliphatic rings. The minimum atomic E-state index is -0.495. The zero-order valence-corrected chi connectivity index (χ0v) is 13.7. The number of esters is 1. The maximum atomic E-state index is 12.6. The normalized spacial score (nSPS) is 16.5. The van der Waals surface area contributed by atoms with Crippen molar-refractivity contribution in [3.8, 4) is 0 Å². The molecular formula is C17H20N2O3S. The molecule has 1 amide bonds. The number of nitrogens with zero attached hydrogens (tertiary/aromatic N) is 1. The number of amides is 1. The van der Waals surface area contributed by atoms with Crippen molar-refractivity contribution in [2.45, 2.75) is 38.5 Å². The van der Waals surface area contributed by atoms with Gasteiger partial charge in [0.05, 0.1) is 27.1 Å². The highest BCUT2D eigenvalue weighted by Gasteiger charge is 2.43. The van der Waals surface area contributed by atoms with Gasteiger partial charge in [0, 0.05) is 6.42 Å². The quantitative estimate of drug-likeness (QED) is 0.825. The lowest BCUT2D eigenvalue weighted by molar-refractivity contribution is -0.156. The Labute approximate surface area is 138 Å². The molecule has 2 N–H and O–H groups in total. The van der Waals surface area contributed by atoms with E-state index in [0.717, 1.165) is 40.9 Å². The monoisotopic (exact) mass is 332 g/mol. The Morgan fingerprint density at radius 1 is 1.26 bits per heavy atom. The van der Waals surface area contributed by atoms with Crippen molar-refractivity contribution in [2.75, 3.05) is 6.61 Å². The molecule has 1 aromatic heterocycles. The second-order valence-corrected chi connectivity index (χ2v) is 7.21. The molecule has 3 rings (SSSR count). The number of hydrogen-bond acceptors (Lipinski definition) is 5. The molecule has 5 nitrogen and oxygen atoms in total. The van der Waals surface area contributed by atoms with Crippen molar-refractivity contribution in [3.05, 3.63) is 29.3 Å². The van der Waals surface area contributed by atoms with Crippen LogP contribution in [-0.4, -0.2) is 23.5 Å². The highest BCUT2D eigenvalue weighted by molar-refractivity contribution is 7.18. The number of benzene rings is 1. The summed E-state index contributed by atoms with van der Waals surface area (Å²) >= 11 is 1.64. The number of aromatic nitrogens is 1. The van der Waals surface area contributed by atoms with Crippen LogP contribution in [0.3, 0.4) is 0 Å². The van der Waals surface area contributed by atoms with Crippen LogP contribution in [0.25, 0.3) is 10.2 Å². The van der Waals surface area contributed by atoms with E-state index in [2.05, 4.69) is 4.98 Å². The zero-order chi connectivity index (χ0) is 16.3. The molecule has 0 aliphatic heterocycles. The van der Waals surface area contributed by atoms with Gasteiger partial charge in [-0.25, -0.2) is 4.98 Å². The van der Waals surface area contributed by atoms with E-state index in [1.807, 2.05) is 24.3 Å². The maximum absolute atomic E-state index is 12.6. The van der Waals surface area contributed by atoms with Crippen molar-refractivity contribution in [2.24, 2.45) is 11.1 Å². The molecule has 0 radical (unpaired) electrons. The van der Waals surface area contributed by atoms with E-state index < -0.39 is 11.3 Å². The maximum Gasteiger partial charge on any atom is 0.312 e. The summed E-state index contributed by atoms with van der Waals surface area (Å²) in [7, 11) is 0. The van der Waals surface area contributed by atoms with Gasteiger partial charge in [0.2, 0.25) is 5.91 Å². The minimum Gasteiger partial charge on any atom is -0.465 e.